The van der Waals surface area contributed by atoms with Crippen molar-refractivity contribution in [1.82, 2.24) is 5.32 Å². The summed E-state index contributed by atoms with van der Waals surface area (Å²) in [4.78, 5) is 23.0. The summed E-state index contributed by atoms with van der Waals surface area (Å²) in [6, 6.07) is 5.96. The van der Waals surface area contributed by atoms with Gasteiger partial charge in [-0.25, -0.2) is 0 Å². The highest BCUT2D eigenvalue weighted by molar-refractivity contribution is 9.10. The van der Waals surface area contributed by atoms with E-state index in [2.05, 4.69) is 21.2 Å². The first-order chi connectivity index (χ1) is 8.40. The van der Waals surface area contributed by atoms with Crippen LogP contribution in [-0.2, 0) is 9.59 Å². The molecule has 1 aromatic rings. The van der Waals surface area contributed by atoms with Crippen molar-refractivity contribution in [3.8, 4) is 0 Å². The largest absolute Gasteiger partial charge is 0.368 e. The Bertz CT molecular complexity index is 454. The van der Waals surface area contributed by atoms with Crippen LogP contribution in [-0.4, -0.2) is 17.9 Å². The molecule has 2 amide bonds. The number of nitrogens with one attached hydrogen (secondary N) is 1. The molecule has 0 radical (unpaired) electrons. The molecule has 5 nitrogen and oxygen atoms in total. The Hall–Kier alpha value is -1.11. The highest BCUT2D eigenvalue weighted by Crippen LogP contribution is 2.18. The molecular formula is C12H17BrClN3O2. The van der Waals surface area contributed by atoms with Gasteiger partial charge in [-0.3, -0.25) is 9.59 Å². The SMILES string of the molecule is CC(N)CC(=O)NC(C(N)=O)c1cccc(Br)c1.Cl. The smallest absolute Gasteiger partial charge is 0.244 e. The predicted molar refractivity (Wildman–Crippen MR) is 79.7 cm³/mol. The topological polar surface area (TPSA) is 98.2 Å². The Morgan fingerprint density at radius 1 is 1.42 bits per heavy atom. The molecule has 7 heteroatoms. The van der Waals surface area contributed by atoms with Gasteiger partial charge in [-0.1, -0.05) is 28.1 Å². The molecule has 0 heterocycles. The minimum atomic E-state index is -0.839. The third-order valence-corrected chi connectivity index (χ3v) is 2.77. The lowest BCUT2D eigenvalue weighted by molar-refractivity contribution is -0.127. The summed E-state index contributed by atoms with van der Waals surface area (Å²) in [7, 11) is 0. The standard InChI is InChI=1S/C12H16BrN3O2.ClH/c1-7(14)5-10(17)16-11(12(15)18)8-3-2-4-9(13)6-8;/h2-4,6-7,11H,5,14H2,1H3,(H2,15,18)(H,16,17);1H. The fourth-order valence-electron chi connectivity index (χ4n) is 1.52. The van der Waals surface area contributed by atoms with E-state index in [-0.39, 0.29) is 30.8 Å². The molecule has 0 saturated carbocycles. The van der Waals surface area contributed by atoms with Crippen molar-refractivity contribution >= 4 is 40.2 Å². The zero-order valence-electron chi connectivity index (χ0n) is 10.4. The lowest BCUT2D eigenvalue weighted by Gasteiger charge is -2.17. The van der Waals surface area contributed by atoms with Gasteiger partial charge in [0, 0.05) is 16.9 Å². The lowest BCUT2D eigenvalue weighted by Crippen LogP contribution is -2.39. The van der Waals surface area contributed by atoms with Gasteiger partial charge in [0.1, 0.15) is 6.04 Å². The monoisotopic (exact) mass is 349 g/mol. The van der Waals surface area contributed by atoms with Crippen LogP contribution in [0.1, 0.15) is 24.9 Å². The van der Waals surface area contributed by atoms with Crippen molar-refractivity contribution in [2.24, 2.45) is 11.5 Å². The summed E-state index contributed by atoms with van der Waals surface area (Å²) < 4.78 is 0.813. The molecule has 2 unspecified atom stereocenters. The van der Waals surface area contributed by atoms with Crippen LogP contribution in [0.15, 0.2) is 28.7 Å². The first-order valence-electron chi connectivity index (χ1n) is 5.50. The number of amides is 2. The van der Waals surface area contributed by atoms with E-state index in [1.807, 2.05) is 6.07 Å². The van der Waals surface area contributed by atoms with Gasteiger partial charge in [0.15, 0.2) is 0 Å². The number of carbonyl (C=O) groups excluding carboxylic acids is 2. The molecule has 1 aromatic carbocycles. The molecule has 2 atom stereocenters. The quantitative estimate of drug-likeness (QED) is 0.745. The van der Waals surface area contributed by atoms with E-state index in [9.17, 15) is 9.59 Å². The first kappa shape index (κ1) is 17.9. The van der Waals surface area contributed by atoms with Crippen molar-refractivity contribution in [2.45, 2.75) is 25.4 Å². The average Bonchev–Trinajstić information content (AvgIpc) is 2.24. The second kappa shape index (κ2) is 8.14. The van der Waals surface area contributed by atoms with Crippen molar-refractivity contribution in [3.05, 3.63) is 34.3 Å². The highest BCUT2D eigenvalue weighted by atomic mass is 79.9. The first-order valence-corrected chi connectivity index (χ1v) is 6.29. The van der Waals surface area contributed by atoms with Gasteiger partial charge in [0.25, 0.3) is 0 Å². The second-order valence-corrected chi connectivity index (χ2v) is 5.05. The Balaban J connectivity index is 0.00000324. The maximum Gasteiger partial charge on any atom is 0.244 e. The number of benzene rings is 1. The van der Waals surface area contributed by atoms with Gasteiger partial charge in [0.05, 0.1) is 0 Å². The average molecular weight is 351 g/mol. The van der Waals surface area contributed by atoms with Gasteiger partial charge in [-0.2, -0.15) is 0 Å². The van der Waals surface area contributed by atoms with Crippen molar-refractivity contribution in [1.29, 1.82) is 0 Å². The number of hydrogen-bond donors (Lipinski definition) is 3. The normalized spacial score (nSPS) is 13.0. The van der Waals surface area contributed by atoms with Crippen molar-refractivity contribution < 1.29 is 9.59 Å². The van der Waals surface area contributed by atoms with Crippen LogP contribution in [0.25, 0.3) is 0 Å². The van der Waals surface area contributed by atoms with E-state index >= 15 is 0 Å². The maximum absolute atomic E-state index is 11.6. The third kappa shape index (κ3) is 6.04. The van der Waals surface area contributed by atoms with Crippen molar-refractivity contribution in [3.63, 3.8) is 0 Å². The van der Waals surface area contributed by atoms with Crippen LogP contribution in [0.5, 0.6) is 0 Å². The molecule has 0 aliphatic heterocycles. The number of halogens is 2. The number of hydrogen-bond acceptors (Lipinski definition) is 3. The summed E-state index contributed by atoms with van der Waals surface area (Å²) in [5, 5.41) is 2.58. The molecule has 0 spiro atoms. The number of rotatable bonds is 5. The molecule has 0 aliphatic rings. The molecule has 106 valence electrons. The van der Waals surface area contributed by atoms with Crippen LogP contribution in [0, 0.1) is 0 Å². The van der Waals surface area contributed by atoms with Crippen LogP contribution in [0.2, 0.25) is 0 Å². The van der Waals surface area contributed by atoms with E-state index in [0.717, 1.165) is 4.47 Å². The molecule has 1 rings (SSSR count). The molecule has 0 bridgehead atoms. The van der Waals surface area contributed by atoms with E-state index in [1.54, 1.807) is 25.1 Å². The van der Waals surface area contributed by atoms with Gasteiger partial charge in [-0.05, 0) is 24.6 Å². The van der Waals surface area contributed by atoms with E-state index in [0.29, 0.717) is 5.56 Å². The van der Waals surface area contributed by atoms with Gasteiger partial charge in [-0.15, -0.1) is 12.4 Å². The Labute approximate surface area is 126 Å². The number of carbonyl (C=O) groups is 2. The molecule has 5 N–H and O–H groups in total. The molecule has 0 aromatic heterocycles. The van der Waals surface area contributed by atoms with Crippen LogP contribution in [0.3, 0.4) is 0 Å². The summed E-state index contributed by atoms with van der Waals surface area (Å²) in [5.41, 5.74) is 11.5. The summed E-state index contributed by atoms with van der Waals surface area (Å²) in [6.07, 6.45) is 0.151. The zero-order valence-corrected chi connectivity index (χ0v) is 12.8. The summed E-state index contributed by atoms with van der Waals surface area (Å²) in [6.45, 7) is 1.72. The molecule has 0 saturated heterocycles. The fourth-order valence-corrected chi connectivity index (χ4v) is 1.93. The summed E-state index contributed by atoms with van der Waals surface area (Å²) >= 11 is 3.30. The minimum absolute atomic E-state index is 0. The van der Waals surface area contributed by atoms with E-state index in [4.69, 9.17) is 11.5 Å². The molecular weight excluding hydrogens is 334 g/mol. The predicted octanol–water partition coefficient (Wildman–Crippen LogP) is 1.25. The third-order valence-electron chi connectivity index (χ3n) is 2.28. The minimum Gasteiger partial charge on any atom is -0.368 e. The van der Waals surface area contributed by atoms with Gasteiger partial charge < -0.3 is 16.8 Å². The van der Waals surface area contributed by atoms with Gasteiger partial charge >= 0.3 is 0 Å². The zero-order chi connectivity index (χ0) is 13.7. The van der Waals surface area contributed by atoms with E-state index in [1.165, 1.54) is 0 Å². The van der Waals surface area contributed by atoms with Gasteiger partial charge in [0.2, 0.25) is 11.8 Å². The van der Waals surface area contributed by atoms with Crippen molar-refractivity contribution in [2.75, 3.05) is 0 Å². The van der Waals surface area contributed by atoms with Crippen LogP contribution < -0.4 is 16.8 Å². The molecule has 19 heavy (non-hydrogen) atoms. The number of nitrogens with two attached hydrogens (primary N) is 2. The molecule has 0 aliphatic carbocycles. The Morgan fingerprint density at radius 2 is 2.05 bits per heavy atom. The second-order valence-electron chi connectivity index (χ2n) is 4.14. The van der Waals surface area contributed by atoms with Crippen LogP contribution >= 0.6 is 28.3 Å². The molecule has 0 fully saturated rings. The highest BCUT2D eigenvalue weighted by Gasteiger charge is 2.20. The van der Waals surface area contributed by atoms with Crippen LogP contribution in [0.4, 0.5) is 0 Å². The van der Waals surface area contributed by atoms with E-state index < -0.39 is 11.9 Å². The summed E-state index contributed by atoms with van der Waals surface area (Å²) in [5.74, 6) is -0.903. The fraction of sp³-hybridized carbons (Fsp3) is 0.333. The lowest BCUT2D eigenvalue weighted by atomic mass is 10.1. The Kier molecular flexibility index (Phi) is 7.66. The number of primary amides is 1. The Morgan fingerprint density at radius 3 is 2.53 bits per heavy atom. The maximum atomic E-state index is 11.6.